The van der Waals surface area contributed by atoms with Crippen molar-refractivity contribution < 1.29 is 14.2 Å². The van der Waals surface area contributed by atoms with Gasteiger partial charge in [0.2, 0.25) is 12.7 Å². The zero-order valence-electron chi connectivity index (χ0n) is 15.8. The van der Waals surface area contributed by atoms with Gasteiger partial charge in [0.15, 0.2) is 11.5 Å². The number of hydrogen-bond acceptors (Lipinski definition) is 7. The predicted molar refractivity (Wildman–Crippen MR) is 107 cm³/mol. The van der Waals surface area contributed by atoms with Gasteiger partial charge >= 0.3 is 0 Å². The van der Waals surface area contributed by atoms with Crippen molar-refractivity contribution in [1.29, 1.82) is 0 Å². The van der Waals surface area contributed by atoms with Gasteiger partial charge in [-0.25, -0.2) is 4.98 Å². The quantitative estimate of drug-likeness (QED) is 0.633. The molecule has 2 N–H and O–H groups in total. The van der Waals surface area contributed by atoms with Crippen molar-refractivity contribution in [2.45, 2.75) is 26.5 Å². The number of para-hydroxylation sites is 2. The first-order valence-corrected chi connectivity index (χ1v) is 9.15. The van der Waals surface area contributed by atoms with Crippen molar-refractivity contribution in [3.63, 3.8) is 0 Å². The summed E-state index contributed by atoms with van der Waals surface area (Å²) in [7, 11) is 0. The minimum absolute atomic E-state index is 0.0820. The second kappa shape index (κ2) is 8.04. The Morgan fingerprint density at radius 3 is 2.82 bits per heavy atom. The van der Waals surface area contributed by atoms with Crippen molar-refractivity contribution in [2.75, 3.05) is 17.4 Å². The van der Waals surface area contributed by atoms with Crippen molar-refractivity contribution in [1.82, 2.24) is 9.97 Å². The Hall–Kier alpha value is -3.48. The second-order valence-corrected chi connectivity index (χ2v) is 6.59. The Morgan fingerprint density at radius 1 is 1.07 bits per heavy atom. The lowest BCUT2D eigenvalue weighted by molar-refractivity contribution is 0.174. The highest BCUT2D eigenvalue weighted by atomic mass is 16.7. The molecule has 7 nitrogen and oxygen atoms in total. The predicted octanol–water partition coefficient (Wildman–Crippen LogP) is 4.35. The maximum Gasteiger partial charge on any atom is 0.231 e. The molecule has 28 heavy (non-hydrogen) atoms. The molecule has 7 heteroatoms. The lowest BCUT2D eigenvalue weighted by atomic mass is 10.2. The summed E-state index contributed by atoms with van der Waals surface area (Å²) in [5.74, 6) is 3.53. The zero-order valence-corrected chi connectivity index (χ0v) is 15.8. The van der Waals surface area contributed by atoms with Gasteiger partial charge in [0.25, 0.3) is 0 Å². The Morgan fingerprint density at radius 2 is 1.93 bits per heavy atom. The summed E-state index contributed by atoms with van der Waals surface area (Å²) >= 11 is 0. The maximum atomic E-state index is 5.83. The molecule has 144 valence electrons. The summed E-state index contributed by atoms with van der Waals surface area (Å²) in [5, 5.41) is 6.53. The van der Waals surface area contributed by atoms with E-state index >= 15 is 0 Å². The third-order valence-corrected chi connectivity index (χ3v) is 4.06. The van der Waals surface area contributed by atoms with Gasteiger partial charge in [0.1, 0.15) is 11.6 Å². The number of anilines is 3. The van der Waals surface area contributed by atoms with E-state index in [1.54, 1.807) is 6.20 Å². The molecule has 1 aromatic heterocycles. The van der Waals surface area contributed by atoms with Crippen LogP contribution in [0.15, 0.2) is 54.7 Å². The fraction of sp³-hybridized carbons (Fsp3) is 0.238. The van der Waals surface area contributed by atoms with E-state index < -0.39 is 0 Å². The van der Waals surface area contributed by atoms with E-state index in [0.717, 1.165) is 34.3 Å². The highest BCUT2D eigenvalue weighted by Gasteiger charge is 2.13. The molecule has 1 aliphatic rings. The first-order chi connectivity index (χ1) is 13.7. The fourth-order valence-electron chi connectivity index (χ4n) is 2.81. The van der Waals surface area contributed by atoms with Crippen molar-refractivity contribution >= 4 is 17.5 Å². The van der Waals surface area contributed by atoms with Gasteiger partial charge in [0, 0.05) is 12.7 Å². The van der Waals surface area contributed by atoms with E-state index in [2.05, 4.69) is 20.6 Å². The lowest BCUT2D eigenvalue weighted by Crippen LogP contribution is -2.08. The highest BCUT2D eigenvalue weighted by molar-refractivity contribution is 5.63. The summed E-state index contributed by atoms with van der Waals surface area (Å²) in [6.07, 6.45) is 1.79. The molecule has 2 heterocycles. The van der Waals surface area contributed by atoms with E-state index in [9.17, 15) is 0 Å². The van der Waals surface area contributed by atoms with Crippen LogP contribution in [0.2, 0.25) is 0 Å². The Balaban J connectivity index is 1.43. The molecule has 2 aromatic carbocycles. The first-order valence-electron chi connectivity index (χ1n) is 9.15. The van der Waals surface area contributed by atoms with Crippen molar-refractivity contribution in [3.8, 4) is 17.2 Å². The summed E-state index contributed by atoms with van der Waals surface area (Å²) < 4.78 is 16.6. The number of benzene rings is 2. The number of aromatic nitrogens is 2. The van der Waals surface area contributed by atoms with Crippen molar-refractivity contribution in [2.24, 2.45) is 0 Å². The Kier molecular flexibility index (Phi) is 5.14. The average Bonchev–Trinajstić information content (AvgIpc) is 3.16. The van der Waals surface area contributed by atoms with Crippen LogP contribution in [0.4, 0.5) is 17.5 Å². The van der Waals surface area contributed by atoms with Gasteiger partial charge in [-0.05, 0) is 49.7 Å². The lowest BCUT2D eigenvalue weighted by Gasteiger charge is -2.15. The van der Waals surface area contributed by atoms with Crippen LogP contribution in [0.25, 0.3) is 0 Å². The van der Waals surface area contributed by atoms with Crippen LogP contribution in [-0.4, -0.2) is 22.9 Å². The van der Waals surface area contributed by atoms with Crippen molar-refractivity contribution in [3.05, 3.63) is 60.3 Å². The molecule has 3 aromatic rings. The number of nitrogens with zero attached hydrogens (tertiary/aromatic N) is 2. The molecule has 0 atom stereocenters. The normalized spacial score (nSPS) is 12.1. The van der Waals surface area contributed by atoms with Crippen LogP contribution in [0.5, 0.6) is 17.2 Å². The third-order valence-electron chi connectivity index (χ3n) is 4.06. The first kappa shape index (κ1) is 17.9. The second-order valence-electron chi connectivity index (χ2n) is 6.59. The summed E-state index contributed by atoms with van der Waals surface area (Å²) in [5.41, 5.74) is 1.90. The minimum Gasteiger partial charge on any atom is -0.489 e. The van der Waals surface area contributed by atoms with Crippen LogP contribution in [0, 0.1) is 0 Å². The van der Waals surface area contributed by atoms with Gasteiger partial charge in [-0.15, -0.1) is 0 Å². The third kappa shape index (κ3) is 4.25. The average molecular weight is 378 g/mol. The summed E-state index contributed by atoms with van der Waals surface area (Å²) in [4.78, 5) is 8.83. The van der Waals surface area contributed by atoms with E-state index in [4.69, 9.17) is 14.2 Å². The molecule has 0 unspecified atom stereocenters. The smallest absolute Gasteiger partial charge is 0.231 e. The molecule has 1 aliphatic heterocycles. The molecule has 0 saturated heterocycles. The SMILES string of the molecule is CC(C)Oc1ccccc1Nc1nccc(NCc2ccc3c(c2)OCO3)n1. The van der Waals surface area contributed by atoms with Crippen LogP contribution in [0.3, 0.4) is 0 Å². The van der Waals surface area contributed by atoms with Crippen LogP contribution in [-0.2, 0) is 6.54 Å². The molecule has 0 fully saturated rings. The van der Waals surface area contributed by atoms with Gasteiger partial charge in [-0.1, -0.05) is 18.2 Å². The van der Waals surface area contributed by atoms with E-state index in [1.165, 1.54) is 0 Å². The van der Waals surface area contributed by atoms with Crippen LogP contribution < -0.4 is 24.8 Å². The molecular formula is C21H22N4O3. The van der Waals surface area contributed by atoms with Gasteiger partial charge in [-0.3, -0.25) is 0 Å². The molecular weight excluding hydrogens is 356 g/mol. The molecule has 0 bridgehead atoms. The monoisotopic (exact) mass is 378 g/mol. The highest BCUT2D eigenvalue weighted by Crippen LogP contribution is 2.32. The minimum atomic E-state index is 0.0820. The maximum absolute atomic E-state index is 5.83. The van der Waals surface area contributed by atoms with Gasteiger partial charge in [-0.2, -0.15) is 4.98 Å². The fourth-order valence-corrected chi connectivity index (χ4v) is 2.81. The van der Waals surface area contributed by atoms with E-state index in [0.29, 0.717) is 12.5 Å². The number of fused-ring (bicyclic) bond motifs is 1. The number of rotatable bonds is 7. The molecule has 0 radical (unpaired) electrons. The molecule has 4 rings (SSSR count). The topological polar surface area (TPSA) is 77.5 Å². The Labute approximate surface area is 163 Å². The number of hydrogen-bond donors (Lipinski definition) is 2. The molecule has 0 saturated carbocycles. The Bertz CT molecular complexity index is 962. The van der Waals surface area contributed by atoms with Crippen LogP contribution in [0.1, 0.15) is 19.4 Å². The van der Waals surface area contributed by atoms with Crippen LogP contribution >= 0.6 is 0 Å². The largest absolute Gasteiger partial charge is 0.489 e. The summed E-state index contributed by atoms with van der Waals surface area (Å²) in [6, 6.07) is 15.4. The van der Waals surface area contributed by atoms with E-state index in [-0.39, 0.29) is 12.9 Å². The van der Waals surface area contributed by atoms with Gasteiger partial charge < -0.3 is 24.8 Å². The standard InChI is InChI=1S/C21H22N4O3/c1-14(2)28-17-6-4-3-5-16(17)24-21-22-10-9-20(25-21)23-12-15-7-8-18-19(11-15)27-13-26-18/h3-11,14H,12-13H2,1-2H3,(H2,22,23,24,25). The van der Waals surface area contributed by atoms with E-state index in [1.807, 2.05) is 62.4 Å². The zero-order chi connectivity index (χ0) is 19.3. The molecule has 0 aliphatic carbocycles. The number of nitrogens with one attached hydrogen (secondary N) is 2. The molecule has 0 spiro atoms. The molecule has 0 amide bonds. The summed E-state index contributed by atoms with van der Waals surface area (Å²) in [6.45, 7) is 4.87. The number of ether oxygens (including phenoxy) is 3. The van der Waals surface area contributed by atoms with Gasteiger partial charge in [0.05, 0.1) is 11.8 Å².